The van der Waals surface area contributed by atoms with Crippen LogP contribution in [-0.4, -0.2) is 43.1 Å². The summed E-state index contributed by atoms with van der Waals surface area (Å²) in [7, 11) is 0. The number of aromatic nitrogens is 5. The van der Waals surface area contributed by atoms with Crippen LogP contribution in [0.3, 0.4) is 0 Å². The van der Waals surface area contributed by atoms with Crippen LogP contribution in [0.25, 0.3) is 49.9 Å². The molecule has 0 bridgehead atoms. The molecule has 36 heavy (non-hydrogen) atoms. The third-order valence-corrected chi connectivity index (χ3v) is 7.39. The van der Waals surface area contributed by atoms with Gasteiger partial charge in [-0.3, -0.25) is 20.0 Å². The minimum atomic E-state index is 0.919. The molecule has 2 aliphatic rings. The molecule has 0 atom stereocenters. The average Bonchev–Trinajstić information content (AvgIpc) is 3.68. The van der Waals surface area contributed by atoms with E-state index in [4.69, 9.17) is 5.10 Å². The highest BCUT2D eigenvalue weighted by atomic mass is 15.1. The van der Waals surface area contributed by atoms with Crippen molar-refractivity contribution in [2.45, 2.75) is 32.2 Å². The van der Waals surface area contributed by atoms with Crippen LogP contribution in [0, 0.1) is 0 Å². The van der Waals surface area contributed by atoms with Gasteiger partial charge in [0, 0.05) is 47.0 Å². The average molecular weight is 473 g/mol. The molecule has 178 valence electrons. The summed E-state index contributed by atoms with van der Waals surface area (Å²) in [6.07, 6.45) is 17.3. The van der Waals surface area contributed by atoms with Crippen molar-refractivity contribution in [3.8, 4) is 22.5 Å². The summed E-state index contributed by atoms with van der Waals surface area (Å²) in [4.78, 5) is 15.4. The predicted molar refractivity (Wildman–Crippen MR) is 145 cm³/mol. The number of piperidine rings is 1. The zero-order valence-corrected chi connectivity index (χ0v) is 20.2. The Labute approximate surface area is 209 Å². The standard InChI is InChI=1S/C30H28N6/c1-4-12-36(13-5-1)19-20-14-23(18-31-17-20)22-8-9-27-24(15-22)30(35-34-27)28-16-25-26(33-28)10-11-32-29(25)21-6-2-3-7-21/h2,6-11,14-18,33H,1,3-5,12-13,19H2,(H,34,35). The number of hydrogen-bond acceptors (Lipinski definition) is 4. The molecule has 1 aliphatic heterocycles. The van der Waals surface area contributed by atoms with Gasteiger partial charge in [-0.25, -0.2) is 0 Å². The molecule has 0 saturated carbocycles. The van der Waals surface area contributed by atoms with Gasteiger partial charge >= 0.3 is 0 Å². The van der Waals surface area contributed by atoms with Crippen LogP contribution >= 0.6 is 0 Å². The molecule has 5 aromatic rings. The second-order valence-corrected chi connectivity index (χ2v) is 9.85. The monoisotopic (exact) mass is 472 g/mol. The summed E-state index contributed by atoms with van der Waals surface area (Å²) in [5.74, 6) is 0. The molecule has 0 spiro atoms. The normalized spacial score (nSPS) is 16.3. The molecule has 0 radical (unpaired) electrons. The van der Waals surface area contributed by atoms with Gasteiger partial charge in [0.1, 0.15) is 5.69 Å². The Hall–Kier alpha value is -4.03. The molecule has 2 N–H and O–H groups in total. The molecule has 1 fully saturated rings. The summed E-state index contributed by atoms with van der Waals surface area (Å²) in [5, 5.41) is 10.1. The fourth-order valence-corrected chi connectivity index (χ4v) is 5.55. The summed E-state index contributed by atoms with van der Waals surface area (Å²) < 4.78 is 0. The molecule has 4 aromatic heterocycles. The third-order valence-electron chi connectivity index (χ3n) is 7.39. The number of likely N-dealkylation sites (tertiary alicyclic amines) is 1. The number of H-pyrrole nitrogens is 2. The summed E-state index contributed by atoms with van der Waals surface area (Å²) >= 11 is 0. The van der Waals surface area contributed by atoms with Crippen molar-refractivity contribution >= 4 is 27.4 Å². The molecular formula is C30H28N6. The molecule has 0 unspecified atom stereocenters. The van der Waals surface area contributed by atoms with E-state index in [1.54, 1.807) is 0 Å². The zero-order valence-electron chi connectivity index (χ0n) is 20.2. The lowest BCUT2D eigenvalue weighted by Crippen LogP contribution is -2.29. The van der Waals surface area contributed by atoms with Gasteiger partial charge in [0.15, 0.2) is 0 Å². The third kappa shape index (κ3) is 3.84. The second kappa shape index (κ2) is 8.88. The van der Waals surface area contributed by atoms with Crippen molar-refractivity contribution in [1.29, 1.82) is 0 Å². The van der Waals surface area contributed by atoms with Crippen LogP contribution in [0.1, 0.15) is 36.9 Å². The predicted octanol–water partition coefficient (Wildman–Crippen LogP) is 6.50. The first kappa shape index (κ1) is 21.3. The highest BCUT2D eigenvalue weighted by molar-refractivity contribution is 6.00. The van der Waals surface area contributed by atoms with E-state index in [2.05, 4.69) is 73.5 Å². The van der Waals surface area contributed by atoms with E-state index in [1.807, 2.05) is 24.7 Å². The lowest BCUT2D eigenvalue weighted by molar-refractivity contribution is 0.220. The van der Waals surface area contributed by atoms with E-state index in [0.29, 0.717) is 0 Å². The Morgan fingerprint density at radius 2 is 1.78 bits per heavy atom. The maximum atomic E-state index is 4.69. The van der Waals surface area contributed by atoms with E-state index in [-0.39, 0.29) is 0 Å². The lowest BCUT2D eigenvalue weighted by atomic mass is 10.0. The first-order chi connectivity index (χ1) is 17.8. The molecule has 5 heterocycles. The van der Waals surface area contributed by atoms with Crippen molar-refractivity contribution in [3.63, 3.8) is 0 Å². The van der Waals surface area contributed by atoms with E-state index < -0.39 is 0 Å². The highest BCUT2D eigenvalue weighted by Crippen LogP contribution is 2.34. The van der Waals surface area contributed by atoms with Crippen molar-refractivity contribution in [2.75, 3.05) is 13.1 Å². The minimum absolute atomic E-state index is 0.919. The van der Waals surface area contributed by atoms with Crippen molar-refractivity contribution < 1.29 is 0 Å². The van der Waals surface area contributed by atoms with E-state index in [9.17, 15) is 0 Å². The van der Waals surface area contributed by atoms with Crippen molar-refractivity contribution in [1.82, 2.24) is 30.0 Å². The van der Waals surface area contributed by atoms with Gasteiger partial charge in [0.25, 0.3) is 0 Å². The Balaban J connectivity index is 1.25. The number of pyridine rings is 2. The SMILES string of the molecule is C1=CC(c2nccc3[nH]c(-c4n[nH]c5ccc(-c6cncc(CN7CCCCC7)c6)cc45)cc23)=CC1. The Kier molecular flexibility index (Phi) is 5.25. The van der Waals surface area contributed by atoms with Crippen molar-refractivity contribution in [2.24, 2.45) is 0 Å². The van der Waals surface area contributed by atoms with Gasteiger partial charge < -0.3 is 4.98 Å². The van der Waals surface area contributed by atoms with Crippen LogP contribution in [0.4, 0.5) is 0 Å². The largest absolute Gasteiger partial charge is 0.353 e. The minimum Gasteiger partial charge on any atom is -0.353 e. The summed E-state index contributed by atoms with van der Waals surface area (Å²) in [6.45, 7) is 3.34. The molecule has 6 nitrogen and oxygen atoms in total. The summed E-state index contributed by atoms with van der Waals surface area (Å²) in [6, 6.07) is 13.0. The number of nitrogens with one attached hydrogen (secondary N) is 2. The van der Waals surface area contributed by atoms with Gasteiger partial charge in [-0.1, -0.05) is 30.7 Å². The Morgan fingerprint density at radius 3 is 2.67 bits per heavy atom. The highest BCUT2D eigenvalue weighted by Gasteiger charge is 2.16. The van der Waals surface area contributed by atoms with Crippen LogP contribution in [0.15, 0.2) is 73.2 Å². The Bertz CT molecular complexity index is 1630. The number of aromatic amines is 2. The van der Waals surface area contributed by atoms with Crippen molar-refractivity contribution in [3.05, 3.63) is 84.5 Å². The van der Waals surface area contributed by atoms with Gasteiger partial charge in [-0.05, 0) is 79.4 Å². The molecule has 6 heteroatoms. The number of rotatable bonds is 5. The van der Waals surface area contributed by atoms with Crippen LogP contribution in [-0.2, 0) is 6.54 Å². The topological polar surface area (TPSA) is 73.5 Å². The maximum absolute atomic E-state index is 4.69. The molecule has 7 rings (SSSR count). The number of benzene rings is 1. The van der Waals surface area contributed by atoms with E-state index in [0.717, 1.165) is 63.0 Å². The fraction of sp³-hybridized carbons (Fsp3) is 0.233. The summed E-state index contributed by atoms with van der Waals surface area (Å²) in [5.41, 5.74) is 9.75. The number of hydrogen-bond donors (Lipinski definition) is 2. The van der Waals surface area contributed by atoms with Gasteiger partial charge in [-0.2, -0.15) is 5.10 Å². The molecule has 1 aromatic carbocycles. The van der Waals surface area contributed by atoms with Gasteiger partial charge in [-0.15, -0.1) is 0 Å². The number of allylic oxidation sites excluding steroid dienone is 4. The number of nitrogens with zero attached hydrogens (tertiary/aromatic N) is 4. The Morgan fingerprint density at radius 1 is 0.861 bits per heavy atom. The fourth-order valence-electron chi connectivity index (χ4n) is 5.55. The first-order valence-electron chi connectivity index (χ1n) is 12.8. The quantitative estimate of drug-likeness (QED) is 0.306. The van der Waals surface area contributed by atoms with Gasteiger partial charge in [0.2, 0.25) is 0 Å². The molecule has 1 saturated heterocycles. The van der Waals surface area contributed by atoms with Crippen LogP contribution in [0.5, 0.6) is 0 Å². The molecular weight excluding hydrogens is 444 g/mol. The van der Waals surface area contributed by atoms with Crippen LogP contribution < -0.4 is 0 Å². The van der Waals surface area contributed by atoms with Crippen LogP contribution in [0.2, 0.25) is 0 Å². The first-order valence-corrected chi connectivity index (χ1v) is 12.8. The van der Waals surface area contributed by atoms with E-state index in [1.165, 1.54) is 43.5 Å². The smallest absolute Gasteiger partial charge is 0.116 e. The van der Waals surface area contributed by atoms with E-state index >= 15 is 0 Å². The van der Waals surface area contributed by atoms with Gasteiger partial charge in [0.05, 0.1) is 16.9 Å². The maximum Gasteiger partial charge on any atom is 0.116 e. The molecule has 1 aliphatic carbocycles. The second-order valence-electron chi connectivity index (χ2n) is 9.85. The zero-order chi connectivity index (χ0) is 23.9. The molecule has 0 amide bonds. The lowest BCUT2D eigenvalue weighted by Gasteiger charge is -2.26. The number of fused-ring (bicyclic) bond motifs is 2.